The number of aromatic nitrogens is 1. The summed E-state index contributed by atoms with van der Waals surface area (Å²) < 4.78 is 15.1. The molecule has 0 aliphatic carbocycles. The van der Waals surface area contributed by atoms with Crippen molar-refractivity contribution >= 4 is 23.5 Å². The van der Waals surface area contributed by atoms with Gasteiger partial charge in [-0.05, 0) is 48.5 Å². The summed E-state index contributed by atoms with van der Waals surface area (Å²) in [6.45, 7) is 0.00798. The summed E-state index contributed by atoms with van der Waals surface area (Å²) >= 11 is 0. The lowest BCUT2D eigenvalue weighted by atomic mass is 10.1. The number of carbonyl (C=O) groups is 3. The number of ether oxygens (including phenoxy) is 3. The van der Waals surface area contributed by atoms with Gasteiger partial charge in [0.25, 0.3) is 11.8 Å². The number of benzene rings is 2. The highest BCUT2D eigenvalue weighted by Gasteiger charge is 2.14. The third-order valence-electron chi connectivity index (χ3n) is 4.54. The smallest absolute Gasteiger partial charge is 0.343 e. The van der Waals surface area contributed by atoms with Crippen LogP contribution in [0.3, 0.4) is 0 Å². The van der Waals surface area contributed by atoms with Crippen molar-refractivity contribution in [2.45, 2.75) is 6.54 Å². The molecule has 0 saturated heterocycles. The molecule has 1 aromatic heterocycles. The van der Waals surface area contributed by atoms with Crippen LogP contribution in [0.2, 0.25) is 0 Å². The molecule has 0 fully saturated rings. The third-order valence-corrected chi connectivity index (χ3v) is 4.54. The number of anilines is 1. The molecule has 0 atom stereocenters. The maximum atomic E-state index is 12.7. The molecule has 33 heavy (non-hydrogen) atoms. The molecule has 2 amide bonds. The van der Waals surface area contributed by atoms with E-state index >= 15 is 0 Å². The van der Waals surface area contributed by atoms with Crippen molar-refractivity contribution in [1.82, 2.24) is 10.3 Å². The van der Waals surface area contributed by atoms with Gasteiger partial charge in [-0.3, -0.25) is 14.6 Å². The first-order chi connectivity index (χ1) is 16.0. The fourth-order valence-corrected chi connectivity index (χ4v) is 2.84. The molecule has 9 nitrogen and oxygen atoms in total. The van der Waals surface area contributed by atoms with Gasteiger partial charge in [-0.15, -0.1) is 0 Å². The maximum Gasteiger partial charge on any atom is 0.343 e. The Hall–Kier alpha value is -4.40. The first kappa shape index (κ1) is 23.3. The Morgan fingerprint density at radius 2 is 1.70 bits per heavy atom. The molecule has 9 heteroatoms. The minimum absolute atomic E-state index is 0.284. The number of amides is 2. The fourth-order valence-electron chi connectivity index (χ4n) is 2.84. The molecule has 0 radical (unpaired) electrons. The van der Waals surface area contributed by atoms with E-state index in [-0.39, 0.29) is 18.3 Å². The van der Waals surface area contributed by atoms with E-state index < -0.39 is 11.9 Å². The van der Waals surface area contributed by atoms with Gasteiger partial charge >= 0.3 is 5.97 Å². The van der Waals surface area contributed by atoms with Crippen LogP contribution >= 0.6 is 0 Å². The Kier molecular flexibility index (Phi) is 7.96. The Bertz CT molecular complexity index is 1130. The number of carbonyl (C=O) groups excluding carboxylic acids is 3. The van der Waals surface area contributed by atoms with Crippen molar-refractivity contribution in [2.24, 2.45) is 0 Å². The van der Waals surface area contributed by atoms with Crippen LogP contribution in [0.1, 0.15) is 26.4 Å². The predicted molar refractivity (Wildman–Crippen MR) is 120 cm³/mol. The Balaban J connectivity index is 1.65. The van der Waals surface area contributed by atoms with Gasteiger partial charge in [0.2, 0.25) is 0 Å². The summed E-state index contributed by atoms with van der Waals surface area (Å²) in [6, 6.07) is 16.6. The monoisotopic (exact) mass is 449 g/mol. The molecule has 0 aliphatic heterocycles. The van der Waals surface area contributed by atoms with Gasteiger partial charge in [-0.1, -0.05) is 12.1 Å². The maximum absolute atomic E-state index is 12.7. The number of hydrogen-bond donors (Lipinski definition) is 2. The topological polar surface area (TPSA) is 116 Å². The molecule has 0 bridgehead atoms. The molecule has 0 aliphatic rings. The number of pyridine rings is 1. The van der Waals surface area contributed by atoms with Crippen LogP contribution in [0.25, 0.3) is 0 Å². The van der Waals surface area contributed by atoms with Crippen molar-refractivity contribution in [3.63, 3.8) is 0 Å². The highest BCUT2D eigenvalue weighted by molar-refractivity contribution is 6.05. The zero-order valence-corrected chi connectivity index (χ0v) is 18.2. The molecule has 170 valence electrons. The van der Waals surface area contributed by atoms with Crippen molar-refractivity contribution in [1.29, 1.82) is 0 Å². The van der Waals surface area contributed by atoms with Crippen LogP contribution in [0.5, 0.6) is 11.5 Å². The van der Waals surface area contributed by atoms with Crippen LogP contribution in [0, 0.1) is 0 Å². The van der Waals surface area contributed by atoms with E-state index in [9.17, 15) is 14.4 Å². The van der Waals surface area contributed by atoms with Crippen molar-refractivity contribution in [2.75, 3.05) is 26.1 Å². The number of nitrogens with one attached hydrogen (secondary N) is 2. The largest absolute Gasteiger partial charge is 0.493 e. The number of esters is 1. The second kappa shape index (κ2) is 11.3. The lowest BCUT2D eigenvalue weighted by Crippen LogP contribution is -2.23. The summed E-state index contributed by atoms with van der Waals surface area (Å²) in [5.74, 6) is -0.646. The highest BCUT2D eigenvalue weighted by atomic mass is 16.6. The quantitative estimate of drug-likeness (QED) is 0.483. The fraction of sp³-hybridized carbons (Fsp3) is 0.167. The normalized spacial score (nSPS) is 10.1. The number of nitrogens with zero attached hydrogens (tertiary/aromatic N) is 1. The molecule has 3 rings (SSSR count). The first-order valence-corrected chi connectivity index (χ1v) is 9.97. The first-order valence-electron chi connectivity index (χ1n) is 9.97. The Morgan fingerprint density at radius 1 is 0.879 bits per heavy atom. The Labute approximate surface area is 190 Å². The summed E-state index contributed by atoms with van der Waals surface area (Å²) in [7, 11) is 2.69. The van der Waals surface area contributed by atoms with Crippen LogP contribution in [-0.2, 0) is 16.1 Å². The molecule has 2 aromatic carbocycles. The Morgan fingerprint density at radius 3 is 2.42 bits per heavy atom. The minimum atomic E-state index is -0.539. The average molecular weight is 449 g/mol. The van der Waals surface area contributed by atoms with Gasteiger partial charge in [-0.25, -0.2) is 4.79 Å². The number of rotatable bonds is 9. The molecular weight excluding hydrogens is 426 g/mol. The minimum Gasteiger partial charge on any atom is -0.493 e. The van der Waals surface area contributed by atoms with E-state index in [2.05, 4.69) is 20.4 Å². The molecular formula is C24H23N3O6. The number of methoxy groups -OCH3 is 2. The van der Waals surface area contributed by atoms with Crippen molar-refractivity contribution in [3.8, 4) is 11.5 Å². The van der Waals surface area contributed by atoms with E-state index in [0.717, 1.165) is 5.69 Å². The van der Waals surface area contributed by atoms with E-state index in [1.165, 1.54) is 32.4 Å². The van der Waals surface area contributed by atoms with E-state index in [4.69, 9.17) is 9.47 Å². The lowest BCUT2D eigenvalue weighted by Gasteiger charge is -2.12. The molecule has 0 saturated carbocycles. The van der Waals surface area contributed by atoms with Gasteiger partial charge in [0.05, 0.1) is 26.5 Å². The summed E-state index contributed by atoms with van der Waals surface area (Å²) in [5.41, 5.74) is 1.90. The van der Waals surface area contributed by atoms with Gasteiger partial charge in [0, 0.05) is 23.0 Å². The highest BCUT2D eigenvalue weighted by Crippen LogP contribution is 2.28. The molecule has 1 heterocycles. The van der Waals surface area contributed by atoms with Gasteiger partial charge in [0.15, 0.2) is 18.1 Å². The van der Waals surface area contributed by atoms with E-state index in [1.807, 2.05) is 12.1 Å². The molecule has 0 spiro atoms. The van der Waals surface area contributed by atoms with E-state index in [0.29, 0.717) is 29.1 Å². The van der Waals surface area contributed by atoms with Crippen LogP contribution < -0.4 is 20.1 Å². The van der Waals surface area contributed by atoms with Gasteiger partial charge in [-0.2, -0.15) is 0 Å². The second-order valence-corrected chi connectivity index (χ2v) is 6.77. The van der Waals surface area contributed by atoms with Crippen molar-refractivity contribution < 1.29 is 28.6 Å². The van der Waals surface area contributed by atoms with Crippen LogP contribution in [0.15, 0.2) is 66.9 Å². The van der Waals surface area contributed by atoms with Crippen LogP contribution in [-0.4, -0.2) is 43.6 Å². The zero-order chi connectivity index (χ0) is 23.6. The van der Waals surface area contributed by atoms with E-state index in [1.54, 1.807) is 36.5 Å². The standard InChI is InChI=1S/C24H23N3O6/c1-31-21-13-17(9-10-20(21)33-15-22(28)32-2)24(30)27-18-8-5-6-16(12-18)23(29)26-14-19-7-3-4-11-25-19/h3-13H,14-15H2,1-2H3,(H,26,29)(H,27,30). The zero-order valence-electron chi connectivity index (χ0n) is 18.2. The summed E-state index contributed by atoms with van der Waals surface area (Å²) in [6.07, 6.45) is 1.66. The molecule has 0 unspecified atom stereocenters. The summed E-state index contributed by atoms with van der Waals surface area (Å²) in [4.78, 5) is 40.6. The van der Waals surface area contributed by atoms with Crippen molar-refractivity contribution in [3.05, 3.63) is 83.7 Å². The van der Waals surface area contributed by atoms with Gasteiger partial charge < -0.3 is 24.8 Å². The lowest BCUT2D eigenvalue weighted by molar-refractivity contribution is -0.142. The third kappa shape index (κ3) is 6.54. The predicted octanol–water partition coefficient (Wildman–Crippen LogP) is 2.82. The SMILES string of the molecule is COC(=O)COc1ccc(C(=O)Nc2cccc(C(=O)NCc3ccccn3)c2)cc1OC. The number of hydrogen-bond acceptors (Lipinski definition) is 7. The summed E-state index contributed by atoms with van der Waals surface area (Å²) in [5, 5.41) is 5.55. The second-order valence-electron chi connectivity index (χ2n) is 6.77. The molecule has 2 N–H and O–H groups in total. The average Bonchev–Trinajstić information content (AvgIpc) is 2.86. The van der Waals surface area contributed by atoms with Crippen LogP contribution in [0.4, 0.5) is 5.69 Å². The molecule has 3 aromatic rings. The van der Waals surface area contributed by atoms with Gasteiger partial charge in [0.1, 0.15) is 0 Å².